The van der Waals surface area contributed by atoms with Gasteiger partial charge in [0, 0.05) is 0 Å². The van der Waals surface area contributed by atoms with E-state index in [9.17, 15) is 9.59 Å². The highest BCUT2D eigenvalue weighted by molar-refractivity contribution is 6.69. The van der Waals surface area contributed by atoms with Crippen LogP contribution < -0.4 is 0 Å². The first kappa shape index (κ1) is 21.6. The van der Waals surface area contributed by atoms with E-state index in [1.807, 2.05) is 0 Å². The van der Waals surface area contributed by atoms with Crippen molar-refractivity contribution in [3.05, 3.63) is 0 Å². The van der Waals surface area contributed by atoms with Crippen LogP contribution in [0.2, 0.25) is 0 Å². The van der Waals surface area contributed by atoms with Crippen LogP contribution in [0.15, 0.2) is 0 Å². The summed E-state index contributed by atoms with van der Waals surface area (Å²) in [7, 11) is 0. The van der Waals surface area contributed by atoms with Gasteiger partial charge in [0.1, 0.15) is 0 Å². The van der Waals surface area contributed by atoms with E-state index in [0.29, 0.717) is 0 Å². The standard InChI is InChI=1S/C10H12Cl6O5/c1-3-19-7(17)5(9(11,12)13)21-6(10(14,15)16)8(18)20-4-2/h5-6H,3-4H2,1-2H3. The minimum atomic E-state index is -2.24. The van der Waals surface area contributed by atoms with Gasteiger partial charge in [-0.3, -0.25) is 0 Å². The third-order valence-corrected chi connectivity index (χ3v) is 3.06. The Balaban J connectivity index is 5.32. The molecule has 0 aromatic heterocycles. The summed E-state index contributed by atoms with van der Waals surface area (Å²) in [6.07, 6.45) is -3.57. The maximum atomic E-state index is 11.8. The molecule has 0 fully saturated rings. The highest BCUT2D eigenvalue weighted by atomic mass is 35.6. The number of halogens is 6. The van der Waals surface area contributed by atoms with Crippen molar-refractivity contribution in [2.45, 2.75) is 33.6 Å². The van der Waals surface area contributed by atoms with Crippen molar-refractivity contribution in [3.8, 4) is 0 Å². The van der Waals surface area contributed by atoms with Crippen LogP contribution >= 0.6 is 69.6 Å². The molecule has 0 saturated heterocycles. The third-order valence-electron chi connectivity index (χ3n) is 1.87. The molecule has 0 aliphatic carbocycles. The van der Waals surface area contributed by atoms with Crippen LogP contribution in [0.25, 0.3) is 0 Å². The highest BCUT2D eigenvalue weighted by Gasteiger charge is 2.49. The van der Waals surface area contributed by atoms with E-state index in [0.717, 1.165) is 0 Å². The van der Waals surface area contributed by atoms with E-state index in [2.05, 4.69) is 9.47 Å². The lowest BCUT2D eigenvalue weighted by Gasteiger charge is -2.29. The van der Waals surface area contributed by atoms with Gasteiger partial charge in [0.25, 0.3) is 0 Å². The molecule has 124 valence electrons. The van der Waals surface area contributed by atoms with Gasteiger partial charge in [-0.1, -0.05) is 69.6 Å². The summed E-state index contributed by atoms with van der Waals surface area (Å²) >= 11 is 33.8. The molecule has 2 unspecified atom stereocenters. The molecule has 0 aromatic carbocycles. The van der Waals surface area contributed by atoms with Gasteiger partial charge in [-0.15, -0.1) is 0 Å². The maximum absolute atomic E-state index is 11.8. The first-order chi connectivity index (χ1) is 9.45. The van der Waals surface area contributed by atoms with Crippen molar-refractivity contribution >= 4 is 81.5 Å². The van der Waals surface area contributed by atoms with Gasteiger partial charge in [-0.2, -0.15) is 0 Å². The van der Waals surface area contributed by atoms with Crippen molar-refractivity contribution in [1.29, 1.82) is 0 Å². The first-order valence-electron chi connectivity index (χ1n) is 5.57. The lowest BCUT2D eigenvalue weighted by Crippen LogP contribution is -2.48. The number of carbonyl (C=O) groups excluding carboxylic acids is 2. The topological polar surface area (TPSA) is 61.8 Å². The molecule has 5 nitrogen and oxygen atoms in total. The molecule has 0 amide bonds. The Morgan fingerprint density at radius 3 is 1.29 bits per heavy atom. The van der Waals surface area contributed by atoms with Crippen LogP contribution in [0.5, 0.6) is 0 Å². The Morgan fingerprint density at radius 1 is 0.810 bits per heavy atom. The van der Waals surface area contributed by atoms with Crippen LogP contribution in [0, 0.1) is 0 Å². The van der Waals surface area contributed by atoms with Gasteiger partial charge < -0.3 is 14.2 Å². The Morgan fingerprint density at radius 2 is 1.10 bits per heavy atom. The van der Waals surface area contributed by atoms with Crippen molar-refractivity contribution in [1.82, 2.24) is 0 Å². The Labute approximate surface area is 152 Å². The van der Waals surface area contributed by atoms with Crippen LogP contribution in [-0.2, 0) is 23.8 Å². The third kappa shape index (κ3) is 7.64. The van der Waals surface area contributed by atoms with Crippen molar-refractivity contribution in [3.63, 3.8) is 0 Å². The number of hydrogen-bond acceptors (Lipinski definition) is 5. The van der Waals surface area contributed by atoms with Gasteiger partial charge in [0.2, 0.25) is 19.8 Å². The largest absolute Gasteiger partial charge is 0.464 e. The summed E-state index contributed by atoms with van der Waals surface area (Å²) in [5, 5.41) is 0. The number of ether oxygens (including phenoxy) is 3. The normalized spacial score (nSPS) is 15.2. The fraction of sp³-hybridized carbons (Fsp3) is 0.800. The molecule has 0 aliphatic rings. The molecule has 0 rings (SSSR count). The summed E-state index contributed by atoms with van der Waals surface area (Å²) in [5.74, 6) is -2.05. The summed E-state index contributed by atoms with van der Waals surface area (Å²) in [4.78, 5) is 23.5. The van der Waals surface area contributed by atoms with Crippen LogP contribution in [0.1, 0.15) is 13.8 Å². The van der Waals surface area contributed by atoms with E-state index < -0.39 is 31.7 Å². The second-order valence-electron chi connectivity index (χ2n) is 3.48. The summed E-state index contributed by atoms with van der Waals surface area (Å²) in [5.41, 5.74) is 0. The van der Waals surface area contributed by atoms with Gasteiger partial charge in [0.05, 0.1) is 13.2 Å². The van der Waals surface area contributed by atoms with Crippen LogP contribution in [0.3, 0.4) is 0 Å². The molecule has 0 spiro atoms. The number of rotatable bonds is 6. The number of esters is 2. The molecule has 0 aliphatic heterocycles. The maximum Gasteiger partial charge on any atom is 0.339 e. The summed E-state index contributed by atoms with van der Waals surface area (Å²) in [6.45, 7) is 3.06. The monoisotopic (exact) mass is 422 g/mol. The fourth-order valence-electron chi connectivity index (χ4n) is 1.10. The molecule has 0 aromatic rings. The zero-order chi connectivity index (χ0) is 16.8. The average molecular weight is 425 g/mol. The zero-order valence-electron chi connectivity index (χ0n) is 10.9. The molecule has 2 atom stereocenters. The van der Waals surface area contributed by atoms with E-state index in [-0.39, 0.29) is 13.2 Å². The van der Waals surface area contributed by atoms with E-state index >= 15 is 0 Å². The van der Waals surface area contributed by atoms with E-state index in [1.54, 1.807) is 0 Å². The SMILES string of the molecule is CCOC(=O)C(OC(C(=O)OCC)C(Cl)(Cl)Cl)C(Cl)(Cl)Cl. The zero-order valence-corrected chi connectivity index (χ0v) is 15.4. The minimum Gasteiger partial charge on any atom is -0.464 e. The molecular formula is C10H12Cl6O5. The summed E-state index contributed by atoms with van der Waals surface area (Å²) in [6, 6.07) is 0. The quantitative estimate of drug-likeness (QED) is 0.481. The molecule has 0 heterocycles. The first-order valence-corrected chi connectivity index (χ1v) is 7.84. The van der Waals surface area contributed by atoms with Crippen LogP contribution in [-0.4, -0.2) is 44.9 Å². The molecule has 11 heteroatoms. The average Bonchev–Trinajstić information content (AvgIpc) is 2.26. The van der Waals surface area contributed by atoms with Crippen molar-refractivity contribution in [2.75, 3.05) is 13.2 Å². The molecule has 0 radical (unpaired) electrons. The minimum absolute atomic E-state index is 0.00270. The molecule has 0 N–H and O–H groups in total. The number of hydrogen-bond donors (Lipinski definition) is 0. The Hall–Kier alpha value is 0.640. The van der Waals surface area contributed by atoms with Gasteiger partial charge in [0.15, 0.2) is 0 Å². The summed E-state index contributed by atoms with van der Waals surface area (Å²) < 4.78 is 9.95. The smallest absolute Gasteiger partial charge is 0.339 e. The predicted molar refractivity (Wildman–Crippen MR) is 82.5 cm³/mol. The van der Waals surface area contributed by atoms with Crippen molar-refractivity contribution < 1.29 is 23.8 Å². The molecule has 0 bridgehead atoms. The lowest BCUT2D eigenvalue weighted by molar-refractivity contribution is -0.171. The molecular weight excluding hydrogens is 413 g/mol. The number of carbonyl (C=O) groups is 2. The van der Waals surface area contributed by atoms with Gasteiger partial charge >= 0.3 is 11.9 Å². The van der Waals surface area contributed by atoms with Crippen molar-refractivity contribution in [2.24, 2.45) is 0 Å². The number of alkyl halides is 6. The Bertz CT molecular complexity index is 330. The second kappa shape index (κ2) is 9.06. The molecule has 21 heavy (non-hydrogen) atoms. The van der Waals surface area contributed by atoms with Crippen LogP contribution in [0.4, 0.5) is 0 Å². The molecule has 0 saturated carbocycles. The van der Waals surface area contributed by atoms with E-state index in [1.165, 1.54) is 13.8 Å². The van der Waals surface area contributed by atoms with Gasteiger partial charge in [-0.25, -0.2) is 9.59 Å². The Kier molecular flexibility index (Phi) is 9.34. The second-order valence-corrected chi connectivity index (χ2v) is 8.22. The van der Waals surface area contributed by atoms with Gasteiger partial charge in [-0.05, 0) is 13.8 Å². The highest BCUT2D eigenvalue weighted by Crippen LogP contribution is 2.39. The fourth-order valence-corrected chi connectivity index (χ4v) is 1.95. The predicted octanol–water partition coefficient (Wildman–Crippen LogP) is 3.61. The lowest BCUT2D eigenvalue weighted by atomic mass is 10.3. The van der Waals surface area contributed by atoms with E-state index in [4.69, 9.17) is 74.3 Å².